The highest BCUT2D eigenvalue weighted by Gasteiger charge is 2.38. The lowest BCUT2D eigenvalue weighted by Gasteiger charge is -2.18. The summed E-state index contributed by atoms with van der Waals surface area (Å²) in [4.78, 5) is 21.0. The minimum absolute atomic E-state index is 0. The van der Waals surface area contributed by atoms with Crippen LogP contribution in [0, 0.1) is 11.8 Å². The van der Waals surface area contributed by atoms with Crippen molar-refractivity contribution in [3.63, 3.8) is 0 Å². The molecule has 13 heteroatoms. The van der Waals surface area contributed by atoms with Gasteiger partial charge in [0.05, 0.1) is 18.4 Å². The number of halogens is 7. The summed E-state index contributed by atoms with van der Waals surface area (Å²) in [5.41, 5.74) is 10.1. The van der Waals surface area contributed by atoms with Gasteiger partial charge in [-0.15, -0.1) is 12.4 Å². The molecule has 0 heterocycles. The Balaban J connectivity index is -0.000000416. The van der Waals surface area contributed by atoms with Gasteiger partial charge in [-0.2, -0.15) is 26.3 Å². The van der Waals surface area contributed by atoms with Crippen molar-refractivity contribution in [1.82, 2.24) is 0 Å². The number of alkyl halides is 6. The smallest absolute Gasteiger partial charge is 0.391 e. The summed E-state index contributed by atoms with van der Waals surface area (Å²) in [7, 11) is 0. The van der Waals surface area contributed by atoms with Gasteiger partial charge in [-0.3, -0.25) is 9.59 Å². The van der Waals surface area contributed by atoms with Gasteiger partial charge in [0.1, 0.15) is 12.1 Å². The summed E-state index contributed by atoms with van der Waals surface area (Å²) in [6.07, 6.45) is -9.71. The first kappa shape index (κ1) is 30.5. The predicted molar refractivity (Wildman–Crippen MR) is 87.1 cm³/mol. The molecule has 5 N–H and O–H groups in total. The number of aliphatic carboxylic acids is 1. The molecule has 0 fully saturated rings. The zero-order valence-corrected chi connectivity index (χ0v) is 15.7. The van der Waals surface area contributed by atoms with Crippen molar-refractivity contribution in [2.45, 2.75) is 58.0 Å². The molecule has 0 saturated heterocycles. The van der Waals surface area contributed by atoms with Gasteiger partial charge in [-0.1, -0.05) is 13.8 Å². The number of rotatable bonds is 7. The number of carbonyl (C=O) groups excluding carboxylic acids is 1. The summed E-state index contributed by atoms with van der Waals surface area (Å²) in [6, 6.07) is -2.65. The van der Waals surface area contributed by atoms with Crippen molar-refractivity contribution in [2.75, 3.05) is 6.61 Å². The van der Waals surface area contributed by atoms with Gasteiger partial charge in [0.2, 0.25) is 0 Å². The van der Waals surface area contributed by atoms with Gasteiger partial charge in [-0.05, 0) is 19.8 Å². The lowest BCUT2D eigenvalue weighted by Crippen LogP contribution is -2.37. The van der Waals surface area contributed by atoms with Crippen LogP contribution in [0.4, 0.5) is 26.3 Å². The molecule has 4 unspecified atom stereocenters. The molecule has 0 bridgehead atoms. The molecule has 4 atom stereocenters. The number of carbonyl (C=O) groups is 2. The number of carboxylic acid groups (broad SMARTS) is 1. The normalized spacial score (nSPS) is 16.0. The first-order chi connectivity index (χ1) is 11.5. The van der Waals surface area contributed by atoms with Crippen LogP contribution in [0.25, 0.3) is 0 Å². The third-order valence-corrected chi connectivity index (χ3v) is 3.24. The van der Waals surface area contributed by atoms with E-state index in [2.05, 4.69) is 4.74 Å². The molecule has 27 heavy (non-hydrogen) atoms. The fraction of sp³-hybridized carbons (Fsp3) is 0.857. The van der Waals surface area contributed by atoms with Gasteiger partial charge in [0, 0.05) is 0 Å². The van der Waals surface area contributed by atoms with E-state index in [0.29, 0.717) is 0 Å². The van der Waals surface area contributed by atoms with E-state index in [4.69, 9.17) is 16.6 Å². The highest BCUT2D eigenvalue weighted by Crippen LogP contribution is 2.29. The van der Waals surface area contributed by atoms with Crippen LogP contribution in [0.15, 0.2) is 0 Å². The summed E-state index contributed by atoms with van der Waals surface area (Å²) < 4.78 is 76.1. The molecular weight excluding hydrogens is 410 g/mol. The monoisotopic (exact) mass is 434 g/mol. The van der Waals surface area contributed by atoms with Crippen molar-refractivity contribution in [3.8, 4) is 0 Å². The van der Waals surface area contributed by atoms with Gasteiger partial charge in [0.15, 0.2) is 0 Å². The third kappa shape index (κ3) is 14.5. The molecule has 0 rings (SSSR count). The maximum absolute atomic E-state index is 12.1. The summed E-state index contributed by atoms with van der Waals surface area (Å²) in [5.74, 6) is -5.47. The van der Waals surface area contributed by atoms with E-state index >= 15 is 0 Å². The van der Waals surface area contributed by atoms with E-state index in [-0.39, 0.29) is 19.0 Å². The van der Waals surface area contributed by atoms with Gasteiger partial charge < -0.3 is 21.3 Å². The number of hydrogen-bond acceptors (Lipinski definition) is 5. The van der Waals surface area contributed by atoms with E-state index in [1.165, 1.54) is 0 Å². The molecule has 0 aromatic heterocycles. The second kappa shape index (κ2) is 13.0. The van der Waals surface area contributed by atoms with Crippen molar-refractivity contribution < 1.29 is 45.8 Å². The lowest BCUT2D eigenvalue weighted by molar-refractivity contribution is -0.175. The first-order valence-corrected chi connectivity index (χ1v) is 7.57. The fourth-order valence-electron chi connectivity index (χ4n) is 1.48. The zero-order valence-electron chi connectivity index (χ0n) is 14.9. The van der Waals surface area contributed by atoms with Gasteiger partial charge >= 0.3 is 24.3 Å². The number of esters is 1. The molecule has 0 aromatic rings. The molecule has 0 radical (unpaired) electrons. The quantitative estimate of drug-likeness (QED) is 0.419. The molecule has 0 aromatic carbocycles. The van der Waals surface area contributed by atoms with E-state index in [1.807, 2.05) is 0 Å². The van der Waals surface area contributed by atoms with E-state index in [1.54, 1.807) is 6.92 Å². The van der Waals surface area contributed by atoms with Crippen LogP contribution in [-0.2, 0) is 14.3 Å². The molecule has 0 amide bonds. The minimum atomic E-state index is -4.37. The Morgan fingerprint density at radius 3 is 1.52 bits per heavy atom. The number of ether oxygens (including phenoxy) is 1. The molecule has 0 aliphatic heterocycles. The first-order valence-electron chi connectivity index (χ1n) is 7.57. The summed E-state index contributed by atoms with van der Waals surface area (Å²) >= 11 is 0. The molecule has 0 spiro atoms. The standard InChI is InChI=1S/C8H14F3NO2.C6H10F3NO2.ClH/c1-3-14-7(13)6(12)4-5(2)8(9,10)11;1-3(6(7,8)9)2-4(10)5(11)12;/h5-6H,3-4,12H2,1-2H3;3-4H,2,10H2,1H3,(H,11,12);1H. The molecule has 6 nitrogen and oxygen atoms in total. The Hall–Kier alpha value is -1.27. The number of nitrogens with two attached hydrogens (primary N) is 2. The Labute approximate surface area is 159 Å². The molecule has 0 aliphatic carbocycles. The largest absolute Gasteiger partial charge is 0.480 e. The van der Waals surface area contributed by atoms with Crippen LogP contribution >= 0.6 is 12.4 Å². The SMILES string of the molecule is CC(CC(N)C(=O)O)C(F)(F)F.CCOC(=O)C(N)CC(C)C(F)(F)F.Cl. The Bertz CT molecular complexity index is 448. The topological polar surface area (TPSA) is 116 Å². The Kier molecular flexibility index (Phi) is 14.7. The zero-order chi connectivity index (χ0) is 21.3. The third-order valence-electron chi connectivity index (χ3n) is 3.24. The summed E-state index contributed by atoms with van der Waals surface area (Å²) in [6.45, 7) is 3.58. The van der Waals surface area contributed by atoms with Crippen molar-refractivity contribution in [1.29, 1.82) is 0 Å². The van der Waals surface area contributed by atoms with Crippen molar-refractivity contribution >= 4 is 24.3 Å². The molecule has 0 saturated carbocycles. The fourth-order valence-corrected chi connectivity index (χ4v) is 1.48. The molecule has 0 aliphatic rings. The van der Waals surface area contributed by atoms with Crippen LogP contribution in [-0.4, -0.2) is 48.1 Å². The van der Waals surface area contributed by atoms with Crippen LogP contribution in [0.2, 0.25) is 0 Å². The maximum atomic E-state index is 12.1. The molecule has 164 valence electrons. The second-order valence-corrected chi connectivity index (χ2v) is 5.66. The lowest BCUT2D eigenvalue weighted by atomic mass is 10.0. The van der Waals surface area contributed by atoms with Crippen molar-refractivity contribution in [2.24, 2.45) is 23.3 Å². The Morgan fingerprint density at radius 2 is 1.26 bits per heavy atom. The average Bonchev–Trinajstić information content (AvgIpc) is 2.45. The van der Waals surface area contributed by atoms with E-state index in [0.717, 1.165) is 13.8 Å². The maximum Gasteiger partial charge on any atom is 0.391 e. The van der Waals surface area contributed by atoms with Crippen LogP contribution in [0.1, 0.15) is 33.6 Å². The van der Waals surface area contributed by atoms with Crippen LogP contribution in [0.5, 0.6) is 0 Å². The number of carboxylic acids is 1. The predicted octanol–water partition coefficient (Wildman–Crippen LogP) is 2.87. The highest BCUT2D eigenvalue weighted by atomic mass is 35.5. The van der Waals surface area contributed by atoms with Crippen molar-refractivity contribution in [3.05, 3.63) is 0 Å². The average molecular weight is 435 g/mol. The Morgan fingerprint density at radius 1 is 0.926 bits per heavy atom. The van der Waals surface area contributed by atoms with Crippen LogP contribution < -0.4 is 11.5 Å². The van der Waals surface area contributed by atoms with Gasteiger partial charge in [-0.25, -0.2) is 0 Å². The van der Waals surface area contributed by atoms with Crippen LogP contribution in [0.3, 0.4) is 0 Å². The number of hydrogen-bond donors (Lipinski definition) is 3. The van der Waals surface area contributed by atoms with E-state index in [9.17, 15) is 35.9 Å². The van der Waals surface area contributed by atoms with Gasteiger partial charge in [0.25, 0.3) is 0 Å². The molecular formula is C14H25ClF6N2O4. The van der Waals surface area contributed by atoms with E-state index < -0.39 is 61.1 Å². The summed E-state index contributed by atoms with van der Waals surface area (Å²) in [5, 5.41) is 8.20. The highest BCUT2D eigenvalue weighted by molar-refractivity contribution is 5.85. The minimum Gasteiger partial charge on any atom is -0.480 e. The second-order valence-electron chi connectivity index (χ2n) is 5.66.